The molecule has 0 bridgehead atoms. The van der Waals surface area contributed by atoms with Crippen molar-refractivity contribution in [3.63, 3.8) is 0 Å². The van der Waals surface area contributed by atoms with Gasteiger partial charge in [-0.15, -0.1) is 27.8 Å². The minimum Gasteiger partial charge on any atom is -0.407 e. The van der Waals surface area contributed by atoms with Crippen molar-refractivity contribution < 1.29 is 17.6 Å². The number of hydrogen-bond donors (Lipinski definition) is 1. The van der Waals surface area contributed by atoms with Crippen molar-refractivity contribution in [3.8, 4) is 10.8 Å². The lowest BCUT2D eigenvalue weighted by molar-refractivity contribution is -0.113. The third kappa shape index (κ3) is 3.21. The van der Waals surface area contributed by atoms with E-state index in [0.29, 0.717) is 10.0 Å². The molecule has 0 saturated heterocycles. The summed E-state index contributed by atoms with van der Waals surface area (Å²) >= 11 is 2.53. The van der Waals surface area contributed by atoms with Crippen molar-refractivity contribution in [3.05, 3.63) is 29.1 Å². The number of carbonyl (C=O) groups excluding carboxylic acids is 1. The number of anilines is 1. The fraction of sp³-hybridized carbons (Fsp3) is 0.0909. The second-order valence-electron chi connectivity index (χ2n) is 3.99. The van der Waals surface area contributed by atoms with Crippen molar-refractivity contribution in [1.29, 1.82) is 0 Å². The van der Waals surface area contributed by atoms with Crippen molar-refractivity contribution in [2.45, 2.75) is 5.22 Å². The summed E-state index contributed by atoms with van der Waals surface area (Å²) in [5.74, 6) is -1.40. The first kappa shape index (κ1) is 14.8. The predicted octanol–water partition coefficient (Wildman–Crippen LogP) is 1.67. The molecule has 0 aromatic carbocycles. The first-order valence-electron chi connectivity index (χ1n) is 5.84. The third-order valence-corrected chi connectivity index (χ3v) is 5.29. The van der Waals surface area contributed by atoms with Crippen LogP contribution in [-0.2, 0) is 14.6 Å². The van der Waals surface area contributed by atoms with Crippen LogP contribution < -0.4 is 5.32 Å². The molecular weight excluding hydrogens is 348 g/mol. The molecule has 0 aliphatic heterocycles. The quantitative estimate of drug-likeness (QED) is 0.739. The number of sulfone groups is 1. The molecule has 8 nitrogen and oxygen atoms in total. The molecule has 1 amide bonds. The Kier molecular flexibility index (Phi) is 4.00. The molecular formula is C11H8N4O4S3. The number of thiophene rings is 1. The minimum atomic E-state index is -4.00. The smallest absolute Gasteiger partial charge is 0.336 e. The molecule has 114 valence electrons. The van der Waals surface area contributed by atoms with Gasteiger partial charge < -0.3 is 9.73 Å². The van der Waals surface area contributed by atoms with E-state index in [4.69, 9.17) is 4.42 Å². The molecule has 0 aliphatic rings. The van der Waals surface area contributed by atoms with E-state index in [0.717, 1.165) is 0 Å². The number of aromatic nitrogens is 3. The zero-order valence-electron chi connectivity index (χ0n) is 10.8. The second kappa shape index (κ2) is 5.94. The Balaban J connectivity index is 1.74. The van der Waals surface area contributed by atoms with Gasteiger partial charge in [0.25, 0.3) is 5.89 Å². The van der Waals surface area contributed by atoms with Gasteiger partial charge in [-0.25, -0.2) is 13.4 Å². The van der Waals surface area contributed by atoms with Gasteiger partial charge in [0.15, 0.2) is 5.13 Å². The van der Waals surface area contributed by atoms with E-state index in [2.05, 4.69) is 20.5 Å². The normalized spacial score (nSPS) is 11.5. The van der Waals surface area contributed by atoms with E-state index < -0.39 is 26.7 Å². The van der Waals surface area contributed by atoms with E-state index in [9.17, 15) is 13.2 Å². The van der Waals surface area contributed by atoms with Crippen molar-refractivity contribution in [2.75, 3.05) is 11.1 Å². The Bertz CT molecular complexity index is 868. The largest absolute Gasteiger partial charge is 0.407 e. The Morgan fingerprint density at radius 2 is 2.14 bits per heavy atom. The maximum absolute atomic E-state index is 12.1. The molecule has 3 aromatic heterocycles. The van der Waals surface area contributed by atoms with Crippen LogP contribution in [0.2, 0.25) is 0 Å². The number of nitrogens with zero attached hydrogens (tertiary/aromatic N) is 3. The lowest BCUT2D eigenvalue weighted by atomic mass is 10.5. The molecule has 3 rings (SSSR count). The van der Waals surface area contributed by atoms with Gasteiger partial charge in [-0.3, -0.25) is 4.79 Å². The maximum Gasteiger partial charge on any atom is 0.336 e. The van der Waals surface area contributed by atoms with Gasteiger partial charge in [-0.2, -0.15) is 0 Å². The van der Waals surface area contributed by atoms with Gasteiger partial charge in [-0.1, -0.05) is 11.2 Å². The molecule has 22 heavy (non-hydrogen) atoms. The number of thiazole rings is 1. The van der Waals surface area contributed by atoms with Crippen LogP contribution in [0.5, 0.6) is 0 Å². The highest BCUT2D eigenvalue weighted by molar-refractivity contribution is 7.91. The Hall–Kier alpha value is -2.11. The third-order valence-electron chi connectivity index (χ3n) is 2.40. The fourth-order valence-electron chi connectivity index (χ4n) is 1.51. The van der Waals surface area contributed by atoms with E-state index in [1.54, 1.807) is 22.9 Å². The van der Waals surface area contributed by atoms with Crippen molar-refractivity contribution in [1.82, 2.24) is 15.2 Å². The van der Waals surface area contributed by atoms with E-state index in [1.165, 1.54) is 28.9 Å². The summed E-state index contributed by atoms with van der Waals surface area (Å²) in [5, 5.41) is 12.8. The number of rotatable bonds is 5. The van der Waals surface area contributed by atoms with Crippen molar-refractivity contribution >= 4 is 43.5 Å². The van der Waals surface area contributed by atoms with Crippen molar-refractivity contribution in [2.24, 2.45) is 0 Å². The highest BCUT2D eigenvalue weighted by Crippen LogP contribution is 2.24. The molecule has 0 radical (unpaired) electrons. The standard InChI is InChI=1S/C11H8N4O4S3/c16-8(13-10-12-3-5-21-10)6-22(17,18)11-15-14-9(19-11)7-2-1-4-20-7/h1-5H,6H2,(H,12,13,16). The van der Waals surface area contributed by atoms with E-state index in [-0.39, 0.29) is 5.89 Å². The van der Waals surface area contributed by atoms with Crippen LogP contribution in [0.4, 0.5) is 5.13 Å². The topological polar surface area (TPSA) is 115 Å². The van der Waals surface area contributed by atoms with E-state index >= 15 is 0 Å². The summed E-state index contributed by atoms with van der Waals surface area (Å²) in [4.78, 5) is 16.2. The lowest BCUT2D eigenvalue weighted by Crippen LogP contribution is -2.23. The molecule has 11 heteroatoms. The Labute approximate surface area is 132 Å². The molecule has 0 unspecified atom stereocenters. The molecule has 0 fully saturated rings. The van der Waals surface area contributed by atoms with Gasteiger partial charge in [0, 0.05) is 11.6 Å². The van der Waals surface area contributed by atoms with Gasteiger partial charge in [0.05, 0.1) is 4.88 Å². The number of carbonyl (C=O) groups is 1. The first-order chi connectivity index (χ1) is 10.5. The highest BCUT2D eigenvalue weighted by Gasteiger charge is 2.26. The van der Waals surface area contributed by atoms with Crippen LogP contribution in [0, 0.1) is 0 Å². The molecule has 3 heterocycles. The van der Waals surface area contributed by atoms with Crippen LogP contribution in [0.3, 0.4) is 0 Å². The number of hydrogen-bond acceptors (Lipinski definition) is 9. The molecule has 0 atom stereocenters. The van der Waals surface area contributed by atoms with E-state index in [1.807, 2.05) is 0 Å². The van der Waals surface area contributed by atoms with Gasteiger partial charge in [0.2, 0.25) is 15.7 Å². The maximum atomic E-state index is 12.1. The molecule has 1 N–H and O–H groups in total. The highest BCUT2D eigenvalue weighted by atomic mass is 32.2. The average Bonchev–Trinajstić information content (AvgIpc) is 3.20. The summed E-state index contributed by atoms with van der Waals surface area (Å²) in [7, 11) is -4.00. The molecule has 0 spiro atoms. The van der Waals surface area contributed by atoms with Gasteiger partial charge in [0.1, 0.15) is 5.75 Å². The summed E-state index contributed by atoms with van der Waals surface area (Å²) in [6.45, 7) is 0. The summed E-state index contributed by atoms with van der Waals surface area (Å²) in [5.41, 5.74) is 0. The monoisotopic (exact) mass is 356 g/mol. The predicted molar refractivity (Wildman–Crippen MR) is 80.4 cm³/mol. The zero-order valence-corrected chi connectivity index (χ0v) is 13.2. The lowest BCUT2D eigenvalue weighted by Gasteiger charge is -2.00. The SMILES string of the molecule is O=C(CS(=O)(=O)c1nnc(-c2cccs2)o1)Nc1nccs1. The summed E-state index contributed by atoms with van der Waals surface area (Å²) in [6.07, 6.45) is 1.50. The van der Waals surface area contributed by atoms with Gasteiger partial charge in [-0.05, 0) is 11.4 Å². The average molecular weight is 356 g/mol. The minimum absolute atomic E-state index is 0.105. The second-order valence-corrected chi connectivity index (χ2v) is 7.70. The molecule has 0 aliphatic carbocycles. The number of amides is 1. The Morgan fingerprint density at radius 1 is 1.27 bits per heavy atom. The van der Waals surface area contributed by atoms with Crippen LogP contribution in [0.25, 0.3) is 10.8 Å². The summed E-state index contributed by atoms with van der Waals surface area (Å²) in [6, 6.07) is 3.50. The van der Waals surface area contributed by atoms with Crippen LogP contribution in [-0.4, -0.2) is 35.3 Å². The van der Waals surface area contributed by atoms with Gasteiger partial charge >= 0.3 is 5.22 Å². The van der Waals surface area contributed by atoms with Crippen LogP contribution in [0.1, 0.15) is 0 Å². The first-order valence-corrected chi connectivity index (χ1v) is 9.25. The van der Waals surface area contributed by atoms with Crippen LogP contribution in [0.15, 0.2) is 38.7 Å². The fourth-order valence-corrected chi connectivity index (χ4v) is 3.61. The number of nitrogens with one attached hydrogen (secondary N) is 1. The molecule has 3 aromatic rings. The molecule has 0 saturated carbocycles. The zero-order chi connectivity index (χ0) is 15.6. The van der Waals surface area contributed by atoms with Crippen LogP contribution >= 0.6 is 22.7 Å². The summed E-state index contributed by atoms with van der Waals surface area (Å²) < 4.78 is 29.3. The Morgan fingerprint density at radius 3 is 2.82 bits per heavy atom.